The predicted molar refractivity (Wildman–Crippen MR) is 79.2 cm³/mol. The first-order valence-electron chi connectivity index (χ1n) is 6.38. The number of rotatable bonds is 1. The summed E-state index contributed by atoms with van der Waals surface area (Å²) in [5, 5.41) is 2.70. The third kappa shape index (κ3) is 4.25. The van der Waals surface area contributed by atoms with Crippen LogP contribution in [0.25, 0.3) is 21.9 Å². The molecule has 3 rings (SSSR count). The third-order valence-electron chi connectivity index (χ3n) is 3.43. The minimum absolute atomic E-state index is 0. The molecular formula is C18H17Cl2Zr. The van der Waals surface area contributed by atoms with Crippen molar-refractivity contribution in [3.63, 3.8) is 0 Å². The Bertz CT molecular complexity index is 709. The van der Waals surface area contributed by atoms with Gasteiger partial charge in [-0.2, -0.15) is 6.07 Å². The standard InChI is InChI=1S/C18H17.2ClH.Zr/c1-12-7-13(2)10-16(9-12)17-6-4-5-15-8-14(3)11-18(15)17;;;/h4-11H,1-3H3;2*1H;/q-1;;;+3/p-2. The van der Waals surface area contributed by atoms with Crippen LogP contribution >= 0.6 is 0 Å². The second-order valence-corrected chi connectivity index (χ2v) is 5.22. The summed E-state index contributed by atoms with van der Waals surface area (Å²) < 4.78 is 0. The van der Waals surface area contributed by atoms with Crippen LogP contribution in [0.1, 0.15) is 16.7 Å². The summed E-state index contributed by atoms with van der Waals surface area (Å²) >= 11 is 0. The minimum Gasteiger partial charge on any atom is -1.00 e. The van der Waals surface area contributed by atoms with Gasteiger partial charge < -0.3 is 24.8 Å². The van der Waals surface area contributed by atoms with E-state index in [9.17, 15) is 0 Å². The van der Waals surface area contributed by atoms with Gasteiger partial charge in [-0.1, -0.05) is 47.9 Å². The molecular weight excluding hydrogens is 378 g/mol. The number of halogens is 2. The van der Waals surface area contributed by atoms with Crippen molar-refractivity contribution in [2.45, 2.75) is 20.8 Å². The first kappa shape index (κ1) is 20.5. The molecule has 0 aromatic heterocycles. The maximum atomic E-state index is 2.28. The molecule has 21 heavy (non-hydrogen) atoms. The van der Waals surface area contributed by atoms with Gasteiger partial charge in [-0.3, -0.25) is 0 Å². The van der Waals surface area contributed by atoms with Crippen LogP contribution in [0.4, 0.5) is 0 Å². The maximum absolute atomic E-state index is 2.28. The molecule has 0 atom stereocenters. The van der Waals surface area contributed by atoms with Crippen molar-refractivity contribution >= 4 is 10.8 Å². The zero-order valence-corrected chi connectivity index (χ0v) is 16.3. The number of fused-ring (bicyclic) bond motifs is 1. The summed E-state index contributed by atoms with van der Waals surface area (Å²) in [6, 6.07) is 17.8. The molecule has 0 aliphatic carbocycles. The van der Waals surface area contributed by atoms with E-state index < -0.39 is 0 Å². The normalized spacial score (nSPS) is 9.48. The van der Waals surface area contributed by atoms with Crippen LogP contribution in [-0.4, -0.2) is 0 Å². The van der Waals surface area contributed by atoms with Crippen LogP contribution in [-0.2, 0) is 26.2 Å². The summed E-state index contributed by atoms with van der Waals surface area (Å²) in [5.41, 5.74) is 6.65. The first-order chi connectivity index (χ1) is 8.63. The Morgan fingerprint density at radius 3 is 2.05 bits per heavy atom. The van der Waals surface area contributed by atoms with E-state index in [1.165, 1.54) is 38.6 Å². The Morgan fingerprint density at radius 1 is 0.810 bits per heavy atom. The fraction of sp³-hybridized carbons (Fsp3) is 0.167. The summed E-state index contributed by atoms with van der Waals surface area (Å²) in [6.45, 7) is 6.48. The molecule has 3 aromatic carbocycles. The van der Waals surface area contributed by atoms with Crippen LogP contribution in [0.15, 0.2) is 48.5 Å². The van der Waals surface area contributed by atoms with Crippen molar-refractivity contribution in [3.8, 4) is 11.1 Å². The Kier molecular flexibility index (Phi) is 8.04. The fourth-order valence-electron chi connectivity index (χ4n) is 2.77. The summed E-state index contributed by atoms with van der Waals surface area (Å²) in [6.07, 6.45) is 0. The molecule has 107 valence electrons. The molecule has 0 unspecified atom stereocenters. The number of hydrogen-bond donors (Lipinski definition) is 0. The van der Waals surface area contributed by atoms with Gasteiger partial charge in [0.2, 0.25) is 0 Å². The molecule has 0 fully saturated rings. The van der Waals surface area contributed by atoms with E-state index in [-0.39, 0.29) is 51.0 Å². The topological polar surface area (TPSA) is 0 Å². The average molecular weight is 395 g/mol. The van der Waals surface area contributed by atoms with Crippen molar-refractivity contribution in [1.29, 1.82) is 0 Å². The maximum Gasteiger partial charge on any atom is 3.00 e. The van der Waals surface area contributed by atoms with E-state index in [0.717, 1.165) is 0 Å². The molecule has 0 heterocycles. The van der Waals surface area contributed by atoms with Crippen LogP contribution in [0.2, 0.25) is 0 Å². The monoisotopic (exact) mass is 393 g/mol. The molecule has 0 saturated heterocycles. The van der Waals surface area contributed by atoms with E-state index >= 15 is 0 Å². The summed E-state index contributed by atoms with van der Waals surface area (Å²) in [4.78, 5) is 0. The summed E-state index contributed by atoms with van der Waals surface area (Å²) in [5.74, 6) is 0. The van der Waals surface area contributed by atoms with Gasteiger partial charge in [0.25, 0.3) is 0 Å². The van der Waals surface area contributed by atoms with Gasteiger partial charge in [-0.05, 0) is 19.4 Å². The summed E-state index contributed by atoms with van der Waals surface area (Å²) in [7, 11) is 0. The van der Waals surface area contributed by atoms with Gasteiger partial charge in [0.15, 0.2) is 0 Å². The second-order valence-electron chi connectivity index (χ2n) is 5.22. The van der Waals surface area contributed by atoms with Crippen LogP contribution < -0.4 is 24.8 Å². The Balaban J connectivity index is 0.00000133. The van der Waals surface area contributed by atoms with Crippen molar-refractivity contribution in [2.75, 3.05) is 0 Å². The van der Waals surface area contributed by atoms with Crippen LogP contribution in [0.3, 0.4) is 0 Å². The smallest absolute Gasteiger partial charge is 1.00 e. The fourth-order valence-corrected chi connectivity index (χ4v) is 2.77. The van der Waals surface area contributed by atoms with Crippen LogP contribution in [0.5, 0.6) is 0 Å². The molecule has 0 bridgehead atoms. The third-order valence-corrected chi connectivity index (χ3v) is 3.43. The minimum atomic E-state index is 0. The van der Waals surface area contributed by atoms with Gasteiger partial charge in [-0.15, -0.1) is 34.5 Å². The van der Waals surface area contributed by atoms with E-state index in [0.29, 0.717) is 0 Å². The van der Waals surface area contributed by atoms with Crippen molar-refractivity contribution in [3.05, 3.63) is 65.2 Å². The number of aryl methyl sites for hydroxylation is 3. The van der Waals surface area contributed by atoms with Gasteiger partial charge in [0, 0.05) is 0 Å². The predicted octanol–water partition coefficient (Wildman–Crippen LogP) is -0.844. The Hall–Kier alpha value is -0.487. The molecule has 3 heteroatoms. The quantitative estimate of drug-likeness (QED) is 0.472. The van der Waals surface area contributed by atoms with E-state index in [4.69, 9.17) is 0 Å². The molecule has 3 aromatic rings. The largest absolute Gasteiger partial charge is 3.00 e. The van der Waals surface area contributed by atoms with Crippen LogP contribution in [0, 0.1) is 20.8 Å². The van der Waals surface area contributed by atoms with Gasteiger partial charge in [0.05, 0.1) is 0 Å². The average Bonchev–Trinajstić information content (AvgIpc) is 2.67. The molecule has 0 N–H and O–H groups in total. The zero-order valence-electron chi connectivity index (χ0n) is 12.4. The molecule has 0 spiro atoms. The molecule has 0 aliphatic rings. The van der Waals surface area contributed by atoms with Crippen molar-refractivity contribution < 1.29 is 51.0 Å². The molecule has 1 radical (unpaired) electrons. The van der Waals surface area contributed by atoms with E-state index in [2.05, 4.69) is 69.3 Å². The Morgan fingerprint density at radius 2 is 1.43 bits per heavy atom. The first-order valence-corrected chi connectivity index (χ1v) is 6.38. The molecule has 0 aliphatic heterocycles. The SMILES string of the molecule is Cc1cc(C)cc(-c2cccc3[cH-]c(C)cc23)c1.[Cl-].[Cl-].[Zr+3]. The number of hydrogen-bond acceptors (Lipinski definition) is 0. The molecule has 0 nitrogen and oxygen atoms in total. The van der Waals surface area contributed by atoms with Gasteiger partial charge in [0.1, 0.15) is 0 Å². The van der Waals surface area contributed by atoms with Gasteiger partial charge >= 0.3 is 26.2 Å². The number of benzene rings is 2. The second kappa shape index (κ2) is 8.23. The molecule has 0 saturated carbocycles. The zero-order chi connectivity index (χ0) is 12.7. The van der Waals surface area contributed by atoms with Gasteiger partial charge in [-0.25, -0.2) is 0 Å². The van der Waals surface area contributed by atoms with Crippen molar-refractivity contribution in [2.24, 2.45) is 0 Å². The van der Waals surface area contributed by atoms with Crippen molar-refractivity contribution in [1.82, 2.24) is 0 Å². The van der Waals surface area contributed by atoms with E-state index in [1.807, 2.05) is 0 Å². The Labute approximate surface area is 158 Å². The molecule has 0 amide bonds. The van der Waals surface area contributed by atoms with E-state index in [1.54, 1.807) is 0 Å².